The van der Waals surface area contributed by atoms with Crippen molar-refractivity contribution in [3.8, 4) is 5.75 Å². The number of carbonyl (C=O) groups excluding carboxylic acids is 2. The monoisotopic (exact) mass is 316 g/mol. The first-order chi connectivity index (χ1) is 11.1. The Labute approximate surface area is 134 Å². The average Bonchev–Trinajstić information content (AvgIpc) is 3.20. The van der Waals surface area contributed by atoms with Gasteiger partial charge < -0.3 is 19.4 Å². The van der Waals surface area contributed by atoms with Crippen LogP contribution in [0.15, 0.2) is 22.6 Å². The molecule has 1 aromatic carbocycles. The lowest BCUT2D eigenvalue weighted by Gasteiger charge is -2.15. The Morgan fingerprint density at radius 1 is 1.30 bits per heavy atom. The van der Waals surface area contributed by atoms with Gasteiger partial charge in [-0.1, -0.05) is 0 Å². The number of rotatable bonds is 4. The van der Waals surface area contributed by atoms with Gasteiger partial charge in [-0.2, -0.15) is 0 Å². The van der Waals surface area contributed by atoms with Crippen LogP contribution in [0, 0.1) is 6.92 Å². The third-order valence-corrected chi connectivity index (χ3v) is 4.21. The molecule has 1 aromatic heterocycles. The summed E-state index contributed by atoms with van der Waals surface area (Å²) in [5.74, 6) is 0.525. The highest BCUT2D eigenvalue weighted by Gasteiger charge is 2.21. The van der Waals surface area contributed by atoms with Gasteiger partial charge in [0.25, 0.3) is 5.91 Å². The normalized spacial score (nSPS) is 14.3. The molecule has 23 heavy (non-hydrogen) atoms. The minimum absolute atomic E-state index is 0.00135. The van der Waals surface area contributed by atoms with Crippen molar-refractivity contribution in [3.63, 3.8) is 0 Å². The predicted molar refractivity (Wildman–Crippen MR) is 85.7 cm³/mol. The number of hydrogen-bond donors (Lipinski definition) is 1. The van der Waals surface area contributed by atoms with Gasteiger partial charge in [0.2, 0.25) is 5.91 Å². The summed E-state index contributed by atoms with van der Waals surface area (Å²) < 4.78 is 10.8. The van der Waals surface area contributed by atoms with Gasteiger partial charge in [-0.3, -0.25) is 9.59 Å². The van der Waals surface area contributed by atoms with Crippen LogP contribution in [0.4, 0.5) is 0 Å². The molecule has 2 amide bonds. The lowest BCUT2D eigenvalue weighted by Crippen LogP contribution is -2.38. The van der Waals surface area contributed by atoms with Crippen LogP contribution in [0.3, 0.4) is 0 Å². The van der Waals surface area contributed by atoms with Crippen LogP contribution >= 0.6 is 0 Å². The van der Waals surface area contributed by atoms with Gasteiger partial charge in [0.1, 0.15) is 11.3 Å². The van der Waals surface area contributed by atoms with Crippen LogP contribution in [-0.2, 0) is 4.79 Å². The minimum Gasteiger partial charge on any atom is -0.497 e. The Morgan fingerprint density at radius 3 is 2.74 bits per heavy atom. The number of carbonyl (C=O) groups is 2. The fourth-order valence-electron chi connectivity index (χ4n) is 2.86. The third kappa shape index (κ3) is 3.02. The van der Waals surface area contributed by atoms with Crippen LogP contribution in [0.5, 0.6) is 5.75 Å². The van der Waals surface area contributed by atoms with Crippen molar-refractivity contribution in [3.05, 3.63) is 29.5 Å². The van der Waals surface area contributed by atoms with E-state index in [0.717, 1.165) is 36.9 Å². The molecule has 0 spiro atoms. The highest BCUT2D eigenvalue weighted by Crippen LogP contribution is 2.28. The summed E-state index contributed by atoms with van der Waals surface area (Å²) in [6, 6.07) is 5.39. The average molecular weight is 316 g/mol. The molecule has 1 aliphatic rings. The fourth-order valence-corrected chi connectivity index (χ4v) is 2.86. The number of hydrogen-bond acceptors (Lipinski definition) is 4. The number of furan rings is 1. The second-order valence-electron chi connectivity index (χ2n) is 5.69. The van der Waals surface area contributed by atoms with E-state index in [1.165, 1.54) is 0 Å². The molecule has 122 valence electrons. The zero-order valence-corrected chi connectivity index (χ0v) is 13.3. The van der Waals surface area contributed by atoms with E-state index in [2.05, 4.69) is 5.32 Å². The van der Waals surface area contributed by atoms with Crippen molar-refractivity contribution < 1.29 is 18.7 Å². The number of nitrogens with zero attached hydrogens (tertiary/aromatic N) is 1. The Kier molecular flexibility index (Phi) is 4.23. The van der Waals surface area contributed by atoms with Gasteiger partial charge >= 0.3 is 0 Å². The maximum absolute atomic E-state index is 12.3. The SMILES string of the molecule is COc1ccc2oc(C(=O)NCC(=O)N3CCCC3)c(C)c2c1. The lowest BCUT2D eigenvalue weighted by atomic mass is 10.1. The summed E-state index contributed by atoms with van der Waals surface area (Å²) in [6.45, 7) is 3.37. The van der Waals surface area contributed by atoms with E-state index >= 15 is 0 Å². The Hall–Kier alpha value is -2.50. The molecule has 6 nitrogen and oxygen atoms in total. The largest absolute Gasteiger partial charge is 0.497 e. The van der Waals surface area contributed by atoms with E-state index in [1.54, 1.807) is 24.1 Å². The van der Waals surface area contributed by atoms with Gasteiger partial charge in [-0.15, -0.1) is 0 Å². The molecule has 0 unspecified atom stereocenters. The van der Waals surface area contributed by atoms with E-state index in [9.17, 15) is 9.59 Å². The number of aryl methyl sites for hydroxylation is 1. The van der Waals surface area contributed by atoms with Crippen molar-refractivity contribution in [1.29, 1.82) is 0 Å². The van der Waals surface area contributed by atoms with E-state index < -0.39 is 0 Å². The predicted octanol–water partition coefficient (Wildman–Crippen LogP) is 2.10. The first-order valence-corrected chi connectivity index (χ1v) is 7.73. The van der Waals surface area contributed by atoms with Crippen LogP contribution < -0.4 is 10.1 Å². The molecule has 3 rings (SSSR count). The van der Waals surface area contributed by atoms with E-state index in [1.807, 2.05) is 13.0 Å². The molecule has 1 saturated heterocycles. The number of amides is 2. The molecule has 2 aromatic rings. The second-order valence-corrected chi connectivity index (χ2v) is 5.69. The number of likely N-dealkylation sites (tertiary alicyclic amines) is 1. The first-order valence-electron chi connectivity index (χ1n) is 7.73. The molecule has 2 heterocycles. The summed E-state index contributed by atoms with van der Waals surface area (Å²) in [4.78, 5) is 26.1. The zero-order valence-electron chi connectivity index (χ0n) is 13.3. The Balaban J connectivity index is 1.73. The van der Waals surface area contributed by atoms with Crippen LogP contribution in [0.2, 0.25) is 0 Å². The lowest BCUT2D eigenvalue weighted by molar-refractivity contribution is -0.129. The van der Waals surface area contributed by atoms with Crippen molar-refractivity contribution in [1.82, 2.24) is 10.2 Å². The van der Waals surface area contributed by atoms with E-state index in [0.29, 0.717) is 11.3 Å². The molecule has 0 radical (unpaired) electrons. The maximum atomic E-state index is 12.3. The van der Waals surface area contributed by atoms with Crippen molar-refractivity contribution in [2.24, 2.45) is 0 Å². The van der Waals surface area contributed by atoms with E-state index in [4.69, 9.17) is 9.15 Å². The van der Waals surface area contributed by atoms with Crippen LogP contribution in [0.1, 0.15) is 29.0 Å². The second kappa shape index (κ2) is 6.32. The smallest absolute Gasteiger partial charge is 0.287 e. The van der Waals surface area contributed by atoms with Gasteiger partial charge in [-0.05, 0) is 38.0 Å². The van der Waals surface area contributed by atoms with Gasteiger partial charge in [-0.25, -0.2) is 0 Å². The summed E-state index contributed by atoms with van der Waals surface area (Å²) >= 11 is 0. The zero-order chi connectivity index (χ0) is 16.4. The minimum atomic E-state index is -0.370. The Bertz CT molecular complexity index is 744. The molecule has 0 saturated carbocycles. The number of fused-ring (bicyclic) bond motifs is 1. The van der Waals surface area contributed by atoms with Crippen LogP contribution in [-0.4, -0.2) is 43.5 Å². The van der Waals surface area contributed by atoms with Crippen molar-refractivity contribution in [2.75, 3.05) is 26.7 Å². The van der Waals surface area contributed by atoms with Crippen molar-refractivity contribution in [2.45, 2.75) is 19.8 Å². The molecule has 0 aliphatic carbocycles. The molecule has 0 bridgehead atoms. The molecule has 1 fully saturated rings. The quantitative estimate of drug-likeness (QED) is 0.937. The summed E-state index contributed by atoms with van der Waals surface area (Å²) in [7, 11) is 1.59. The number of benzene rings is 1. The number of methoxy groups -OCH3 is 1. The molecule has 0 atom stereocenters. The maximum Gasteiger partial charge on any atom is 0.287 e. The highest BCUT2D eigenvalue weighted by atomic mass is 16.5. The topological polar surface area (TPSA) is 71.8 Å². The first kappa shape index (κ1) is 15.4. The molecular weight excluding hydrogens is 296 g/mol. The fraction of sp³-hybridized carbons (Fsp3) is 0.412. The van der Waals surface area contributed by atoms with Gasteiger partial charge in [0, 0.05) is 24.0 Å². The van der Waals surface area contributed by atoms with E-state index in [-0.39, 0.29) is 24.1 Å². The standard InChI is InChI=1S/C17H20N2O4/c1-11-13-9-12(22-2)5-6-14(13)23-16(11)17(21)18-10-15(20)19-7-3-4-8-19/h5-6,9H,3-4,7-8,10H2,1-2H3,(H,18,21). The van der Waals surface area contributed by atoms with Crippen molar-refractivity contribution >= 4 is 22.8 Å². The number of nitrogens with one attached hydrogen (secondary N) is 1. The number of ether oxygens (including phenoxy) is 1. The summed E-state index contributed by atoms with van der Waals surface area (Å²) in [6.07, 6.45) is 2.06. The molecule has 1 N–H and O–H groups in total. The summed E-state index contributed by atoms with van der Waals surface area (Å²) in [5.41, 5.74) is 1.37. The highest BCUT2D eigenvalue weighted by molar-refractivity contribution is 6.00. The molecule has 1 aliphatic heterocycles. The van der Waals surface area contributed by atoms with Gasteiger partial charge in [0.15, 0.2) is 5.76 Å². The molecular formula is C17H20N2O4. The van der Waals surface area contributed by atoms with Gasteiger partial charge in [0.05, 0.1) is 13.7 Å². The summed E-state index contributed by atoms with van der Waals surface area (Å²) in [5, 5.41) is 3.48. The Morgan fingerprint density at radius 2 is 2.04 bits per heavy atom. The third-order valence-electron chi connectivity index (χ3n) is 4.21. The molecule has 6 heteroatoms. The van der Waals surface area contributed by atoms with Crippen LogP contribution in [0.25, 0.3) is 11.0 Å².